The van der Waals surface area contributed by atoms with Crippen molar-refractivity contribution in [3.8, 4) is 0 Å². The molecule has 0 unspecified atom stereocenters. The SMILES string of the molecule is CCc1ccc(N(CC=Cc2ccccc2)C(=O)c2ccc3ccccc3c2)cc1. The predicted molar refractivity (Wildman–Crippen MR) is 127 cm³/mol. The van der Waals surface area contributed by atoms with E-state index >= 15 is 0 Å². The Kier molecular flexibility index (Phi) is 6.05. The Labute approximate surface area is 178 Å². The lowest BCUT2D eigenvalue weighted by atomic mass is 10.1. The Balaban J connectivity index is 1.65. The predicted octanol–water partition coefficient (Wildman–Crippen LogP) is 6.76. The zero-order valence-corrected chi connectivity index (χ0v) is 17.2. The van der Waals surface area contributed by atoms with Crippen LogP contribution in [-0.2, 0) is 6.42 Å². The zero-order chi connectivity index (χ0) is 20.8. The van der Waals surface area contributed by atoms with Crippen LogP contribution in [0.2, 0.25) is 0 Å². The Bertz CT molecular complexity index is 1160. The zero-order valence-electron chi connectivity index (χ0n) is 17.2. The van der Waals surface area contributed by atoms with Crippen molar-refractivity contribution in [2.45, 2.75) is 13.3 Å². The van der Waals surface area contributed by atoms with Gasteiger partial charge in [-0.25, -0.2) is 0 Å². The molecule has 0 radical (unpaired) electrons. The van der Waals surface area contributed by atoms with E-state index in [4.69, 9.17) is 0 Å². The normalized spacial score (nSPS) is 11.1. The van der Waals surface area contributed by atoms with Gasteiger partial charge in [0.05, 0.1) is 0 Å². The molecule has 0 spiro atoms. The number of hydrogen-bond acceptors (Lipinski definition) is 1. The molecular weight excluding hydrogens is 366 g/mol. The summed E-state index contributed by atoms with van der Waals surface area (Å²) in [6, 6.07) is 32.4. The highest BCUT2D eigenvalue weighted by molar-refractivity contribution is 6.08. The van der Waals surface area contributed by atoms with Gasteiger partial charge >= 0.3 is 0 Å². The minimum absolute atomic E-state index is 0.00251. The minimum atomic E-state index is 0.00251. The van der Waals surface area contributed by atoms with Crippen LogP contribution >= 0.6 is 0 Å². The van der Waals surface area contributed by atoms with Crippen molar-refractivity contribution in [2.24, 2.45) is 0 Å². The molecule has 148 valence electrons. The Hall–Kier alpha value is -3.65. The Morgan fingerprint density at radius 1 is 0.800 bits per heavy atom. The van der Waals surface area contributed by atoms with E-state index in [0.29, 0.717) is 12.1 Å². The Morgan fingerprint density at radius 3 is 2.23 bits per heavy atom. The van der Waals surface area contributed by atoms with Crippen LogP contribution in [0.15, 0.2) is 103 Å². The fourth-order valence-corrected chi connectivity index (χ4v) is 3.55. The van der Waals surface area contributed by atoms with Crippen LogP contribution in [0.3, 0.4) is 0 Å². The molecule has 30 heavy (non-hydrogen) atoms. The van der Waals surface area contributed by atoms with Gasteiger partial charge < -0.3 is 4.90 Å². The molecule has 0 saturated carbocycles. The number of carbonyl (C=O) groups excluding carboxylic acids is 1. The summed E-state index contributed by atoms with van der Waals surface area (Å²) in [5.41, 5.74) is 3.98. The molecule has 2 nitrogen and oxygen atoms in total. The average Bonchev–Trinajstić information content (AvgIpc) is 2.82. The molecule has 0 aliphatic rings. The van der Waals surface area contributed by atoms with Crippen LogP contribution in [0, 0.1) is 0 Å². The van der Waals surface area contributed by atoms with Crippen molar-refractivity contribution in [1.29, 1.82) is 0 Å². The quantitative estimate of drug-likeness (QED) is 0.355. The van der Waals surface area contributed by atoms with Gasteiger partial charge in [0, 0.05) is 17.8 Å². The van der Waals surface area contributed by atoms with Crippen LogP contribution in [0.5, 0.6) is 0 Å². The summed E-state index contributed by atoms with van der Waals surface area (Å²) in [5.74, 6) is 0.00251. The van der Waals surface area contributed by atoms with Gasteiger partial charge in [-0.15, -0.1) is 0 Å². The first-order valence-corrected chi connectivity index (χ1v) is 10.4. The van der Waals surface area contributed by atoms with Gasteiger partial charge in [-0.1, -0.05) is 91.9 Å². The van der Waals surface area contributed by atoms with Crippen LogP contribution in [-0.4, -0.2) is 12.5 Å². The van der Waals surface area contributed by atoms with Crippen molar-refractivity contribution >= 4 is 28.4 Å². The van der Waals surface area contributed by atoms with Crippen LogP contribution in [0.4, 0.5) is 5.69 Å². The molecule has 0 heterocycles. The van der Waals surface area contributed by atoms with E-state index in [1.165, 1.54) is 5.56 Å². The second-order valence-electron chi connectivity index (χ2n) is 7.31. The summed E-state index contributed by atoms with van der Waals surface area (Å²) in [6.45, 7) is 2.64. The van der Waals surface area contributed by atoms with Crippen molar-refractivity contribution in [3.63, 3.8) is 0 Å². The van der Waals surface area contributed by atoms with Gasteiger partial charge in [0.15, 0.2) is 0 Å². The molecule has 0 fully saturated rings. The molecule has 0 bridgehead atoms. The standard InChI is InChI=1S/C28H25NO/c1-2-22-14-18-27(19-15-22)29(20-8-11-23-9-4-3-5-10-23)28(30)26-17-16-24-12-6-7-13-25(24)21-26/h3-19,21H,2,20H2,1H3. The van der Waals surface area contributed by atoms with E-state index in [0.717, 1.165) is 28.4 Å². The molecular formula is C28H25NO. The molecule has 0 atom stereocenters. The molecule has 0 aliphatic heterocycles. The molecule has 4 aromatic rings. The summed E-state index contributed by atoms with van der Waals surface area (Å²) in [7, 11) is 0. The molecule has 4 rings (SSSR count). The topological polar surface area (TPSA) is 20.3 Å². The molecule has 2 heteroatoms. The van der Waals surface area contributed by atoms with Crippen LogP contribution < -0.4 is 4.90 Å². The summed E-state index contributed by atoms with van der Waals surface area (Å²) in [5, 5.41) is 2.21. The molecule has 0 aromatic heterocycles. The lowest BCUT2D eigenvalue weighted by molar-refractivity contribution is 0.0990. The summed E-state index contributed by atoms with van der Waals surface area (Å²) in [4.78, 5) is 15.3. The smallest absolute Gasteiger partial charge is 0.258 e. The first kappa shape index (κ1) is 19.7. The number of rotatable bonds is 6. The van der Waals surface area contributed by atoms with Gasteiger partial charge in [-0.05, 0) is 52.6 Å². The number of fused-ring (bicyclic) bond motifs is 1. The maximum absolute atomic E-state index is 13.5. The van der Waals surface area contributed by atoms with Crippen LogP contribution in [0.1, 0.15) is 28.4 Å². The third kappa shape index (κ3) is 4.49. The molecule has 1 amide bonds. The van der Waals surface area contributed by atoms with Gasteiger partial charge in [0.2, 0.25) is 0 Å². The van der Waals surface area contributed by atoms with Gasteiger partial charge in [-0.2, -0.15) is 0 Å². The molecule has 0 saturated heterocycles. The number of amides is 1. The van der Waals surface area contributed by atoms with E-state index in [1.54, 1.807) is 0 Å². The number of nitrogens with zero attached hydrogens (tertiary/aromatic N) is 1. The highest BCUT2D eigenvalue weighted by Crippen LogP contribution is 2.22. The third-order valence-corrected chi connectivity index (χ3v) is 5.30. The first-order valence-electron chi connectivity index (χ1n) is 10.4. The fraction of sp³-hybridized carbons (Fsp3) is 0.107. The van der Waals surface area contributed by atoms with E-state index in [9.17, 15) is 4.79 Å². The average molecular weight is 392 g/mol. The lowest BCUT2D eigenvalue weighted by Crippen LogP contribution is -2.31. The number of carbonyl (C=O) groups is 1. The van der Waals surface area contributed by atoms with Gasteiger partial charge in [0.25, 0.3) is 5.91 Å². The third-order valence-electron chi connectivity index (χ3n) is 5.30. The second-order valence-corrected chi connectivity index (χ2v) is 7.31. The largest absolute Gasteiger partial charge is 0.305 e. The number of anilines is 1. The van der Waals surface area contributed by atoms with E-state index in [2.05, 4.69) is 43.3 Å². The fourth-order valence-electron chi connectivity index (χ4n) is 3.55. The maximum atomic E-state index is 13.5. The van der Waals surface area contributed by atoms with Gasteiger partial charge in [-0.3, -0.25) is 4.79 Å². The number of benzene rings is 4. The first-order chi connectivity index (χ1) is 14.7. The van der Waals surface area contributed by atoms with Crippen molar-refractivity contribution in [3.05, 3.63) is 120 Å². The number of aryl methyl sites for hydroxylation is 1. The van der Waals surface area contributed by atoms with Crippen LogP contribution in [0.25, 0.3) is 16.8 Å². The summed E-state index contributed by atoms with van der Waals surface area (Å²) < 4.78 is 0. The monoisotopic (exact) mass is 391 g/mol. The molecule has 0 aliphatic carbocycles. The van der Waals surface area contributed by atoms with Crippen molar-refractivity contribution < 1.29 is 4.79 Å². The highest BCUT2D eigenvalue weighted by Gasteiger charge is 2.17. The van der Waals surface area contributed by atoms with E-state index in [-0.39, 0.29) is 5.91 Å². The summed E-state index contributed by atoms with van der Waals surface area (Å²) in [6.07, 6.45) is 5.08. The lowest BCUT2D eigenvalue weighted by Gasteiger charge is -2.22. The van der Waals surface area contributed by atoms with E-state index in [1.807, 2.05) is 77.7 Å². The molecule has 4 aromatic carbocycles. The van der Waals surface area contributed by atoms with Crippen molar-refractivity contribution in [2.75, 3.05) is 11.4 Å². The second kappa shape index (κ2) is 9.23. The van der Waals surface area contributed by atoms with Gasteiger partial charge in [0.1, 0.15) is 0 Å². The number of hydrogen-bond donors (Lipinski definition) is 0. The maximum Gasteiger partial charge on any atom is 0.258 e. The van der Waals surface area contributed by atoms with E-state index < -0.39 is 0 Å². The van der Waals surface area contributed by atoms with Crippen molar-refractivity contribution in [1.82, 2.24) is 0 Å². The minimum Gasteiger partial charge on any atom is -0.305 e. The Morgan fingerprint density at radius 2 is 1.50 bits per heavy atom. The molecule has 0 N–H and O–H groups in total. The highest BCUT2D eigenvalue weighted by atomic mass is 16.2. The summed E-state index contributed by atoms with van der Waals surface area (Å²) >= 11 is 0.